The summed E-state index contributed by atoms with van der Waals surface area (Å²) in [5.74, 6) is 1.43. The van der Waals surface area contributed by atoms with Crippen LogP contribution in [0.5, 0.6) is 5.75 Å². The summed E-state index contributed by atoms with van der Waals surface area (Å²) in [6.45, 7) is 2.79. The van der Waals surface area contributed by atoms with Crippen LogP contribution in [0.2, 0.25) is 0 Å². The standard InChI is InChI=1S/C21H26N8O2S2/c1-3-9-23-18-25-19(24-14-6-4-5-7-14)27-20(26-18)28-29-17(30)16(33-21(29)32)11-13-8-10-22-12-15(13)31-2/h8,10-12,14H,3-7,9H2,1-2H3,(H3,23,24,25,26,27,28)/b16-11-. The quantitative estimate of drug-likeness (QED) is 0.356. The molecule has 2 aromatic rings. The van der Waals surface area contributed by atoms with Crippen LogP contribution in [0.1, 0.15) is 44.6 Å². The van der Waals surface area contributed by atoms with Gasteiger partial charge in [-0.1, -0.05) is 31.5 Å². The van der Waals surface area contributed by atoms with Crippen molar-refractivity contribution in [1.29, 1.82) is 0 Å². The monoisotopic (exact) mass is 486 g/mol. The predicted molar refractivity (Wildman–Crippen MR) is 134 cm³/mol. The molecule has 12 heteroatoms. The molecule has 0 bridgehead atoms. The number of amides is 1. The van der Waals surface area contributed by atoms with Crippen LogP contribution in [0, 0.1) is 0 Å². The van der Waals surface area contributed by atoms with Crippen LogP contribution in [0.25, 0.3) is 6.08 Å². The first-order valence-electron chi connectivity index (χ1n) is 10.9. The number of hydrazine groups is 1. The molecule has 0 spiro atoms. The lowest BCUT2D eigenvalue weighted by molar-refractivity contribution is -0.121. The lowest BCUT2D eigenvalue weighted by atomic mass is 10.2. The van der Waals surface area contributed by atoms with E-state index in [4.69, 9.17) is 17.0 Å². The third-order valence-electron chi connectivity index (χ3n) is 5.19. The molecule has 2 fully saturated rings. The van der Waals surface area contributed by atoms with Gasteiger partial charge >= 0.3 is 0 Å². The number of aromatic nitrogens is 4. The van der Waals surface area contributed by atoms with E-state index in [0.29, 0.717) is 32.9 Å². The number of methoxy groups -OCH3 is 1. The molecule has 2 aromatic heterocycles. The summed E-state index contributed by atoms with van der Waals surface area (Å²) < 4.78 is 5.68. The smallest absolute Gasteiger partial charge is 0.285 e. The molecule has 3 heterocycles. The van der Waals surface area contributed by atoms with Crippen molar-refractivity contribution in [3.8, 4) is 5.75 Å². The minimum atomic E-state index is -0.294. The molecule has 4 rings (SSSR count). The Kier molecular flexibility index (Phi) is 7.55. The molecule has 1 saturated heterocycles. The zero-order valence-electron chi connectivity index (χ0n) is 18.5. The number of hydrogen-bond acceptors (Lipinski definition) is 11. The van der Waals surface area contributed by atoms with Crippen molar-refractivity contribution in [1.82, 2.24) is 24.9 Å². The van der Waals surface area contributed by atoms with E-state index >= 15 is 0 Å². The van der Waals surface area contributed by atoms with E-state index in [1.54, 1.807) is 31.6 Å². The number of anilines is 3. The third kappa shape index (κ3) is 5.69. The van der Waals surface area contributed by atoms with E-state index < -0.39 is 0 Å². The number of thioether (sulfide) groups is 1. The van der Waals surface area contributed by atoms with Gasteiger partial charge in [0.15, 0.2) is 4.32 Å². The summed E-state index contributed by atoms with van der Waals surface area (Å²) in [4.78, 5) is 30.9. The fraction of sp³-hybridized carbons (Fsp3) is 0.429. The average molecular weight is 487 g/mol. The minimum absolute atomic E-state index is 0.239. The molecule has 0 unspecified atom stereocenters. The van der Waals surface area contributed by atoms with Crippen molar-refractivity contribution < 1.29 is 9.53 Å². The van der Waals surface area contributed by atoms with Crippen molar-refractivity contribution in [3.63, 3.8) is 0 Å². The van der Waals surface area contributed by atoms with Crippen LogP contribution < -0.4 is 20.8 Å². The second kappa shape index (κ2) is 10.8. The number of thiocarbonyl (C=S) groups is 1. The Hall–Kier alpha value is -2.99. The summed E-state index contributed by atoms with van der Waals surface area (Å²) in [6, 6.07) is 2.12. The van der Waals surface area contributed by atoms with Crippen molar-refractivity contribution in [2.45, 2.75) is 45.1 Å². The number of nitrogens with one attached hydrogen (secondary N) is 3. The molecule has 0 atom stereocenters. The molecule has 3 N–H and O–H groups in total. The molecule has 1 amide bonds. The lowest BCUT2D eigenvalue weighted by Crippen LogP contribution is -2.35. The maximum absolute atomic E-state index is 13.1. The fourth-order valence-electron chi connectivity index (χ4n) is 3.54. The molecular formula is C21H26N8O2S2. The number of carbonyl (C=O) groups is 1. The highest BCUT2D eigenvalue weighted by atomic mass is 32.2. The molecule has 0 radical (unpaired) electrons. The molecular weight excluding hydrogens is 460 g/mol. The van der Waals surface area contributed by atoms with Crippen LogP contribution in [-0.2, 0) is 4.79 Å². The summed E-state index contributed by atoms with van der Waals surface area (Å²) >= 11 is 6.63. The Labute approximate surface area is 202 Å². The number of nitrogens with zero attached hydrogens (tertiary/aromatic N) is 5. The molecule has 10 nitrogen and oxygen atoms in total. The van der Waals surface area contributed by atoms with Crippen molar-refractivity contribution >= 4 is 58.1 Å². The van der Waals surface area contributed by atoms with Crippen molar-refractivity contribution in [2.24, 2.45) is 0 Å². The first-order valence-corrected chi connectivity index (χ1v) is 12.1. The van der Waals surface area contributed by atoms with Gasteiger partial charge in [-0.3, -0.25) is 15.2 Å². The maximum atomic E-state index is 13.1. The first kappa shape index (κ1) is 23.2. The summed E-state index contributed by atoms with van der Waals surface area (Å²) in [7, 11) is 1.56. The summed E-state index contributed by atoms with van der Waals surface area (Å²) in [6.07, 6.45) is 10.5. The van der Waals surface area contributed by atoms with E-state index in [1.165, 1.54) is 29.6 Å². The molecule has 2 aliphatic rings. The Bertz CT molecular complexity index is 1060. The summed E-state index contributed by atoms with van der Waals surface area (Å²) in [5, 5.41) is 7.85. The maximum Gasteiger partial charge on any atom is 0.285 e. The van der Waals surface area contributed by atoms with Gasteiger partial charge in [-0.2, -0.15) is 20.0 Å². The van der Waals surface area contributed by atoms with E-state index in [9.17, 15) is 4.79 Å². The van der Waals surface area contributed by atoms with Crippen LogP contribution in [0.15, 0.2) is 23.4 Å². The van der Waals surface area contributed by atoms with E-state index in [0.717, 1.165) is 31.4 Å². The van der Waals surface area contributed by atoms with Gasteiger partial charge in [-0.25, -0.2) is 0 Å². The number of rotatable bonds is 9. The van der Waals surface area contributed by atoms with Crippen molar-refractivity contribution in [2.75, 3.05) is 29.7 Å². The van der Waals surface area contributed by atoms with Crippen LogP contribution in [0.3, 0.4) is 0 Å². The highest BCUT2D eigenvalue weighted by molar-refractivity contribution is 8.26. The lowest BCUT2D eigenvalue weighted by Gasteiger charge is -2.18. The van der Waals surface area contributed by atoms with Gasteiger partial charge in [0.1, 0.15) is 5.75 Å². The second-order valence-electron chi connectivity index (χ2n) is 7.61. The molecule has 33 heavy (non-hydrogen) atoms. The van der Waals surface area contributed by atoms with Gasteiger partial charge in [0.25, 0.3) is 5.91 Å². The predicted octanol–water partition coefficient (Wildman–Crippen LogP) is 3.68. The van der Waals surface area contributed by atoms with Crippen molar-refractivity contribution in [3.05, 3.63) is 28.9 Å². The average Bonchev–Trinajstić information content (AvgIpc) is 3.41. The molecule has 174 valence electrons. The van der Waals surface area contributed by atoms with E-state index in [1.807, 2.05) is 0 Å². The van der Waals surface area contributed by atoms with E-state index in [-0.39, 0.29) is 11.9 Å². The van der Waals surface area contributed by atoms with Crippen LogP contribution in [0.4, 0.5) is 17.8 Å². The highest BCUT2D eigenvalue weighted by Crippen LogP contribution is 2.34. The summed E-state index contributed by atoms with van der Waals surface area (Å²) in [5.41, 5.74) is 3.70. The SMILES string of the molecule is CCCNc1nc(NC2CCCC2)nc(NN2C(=O)/C(=C/c3ccncc3OC)SC2=S)n1. The second-order valence-corrected chi connectivity index (χ2v) is 9.28. The first-order chi connectivity index (χ1) is 16.1. The van der Waals surface area contributed by atoms with Gasteiger partial charge < -0.3 is 15.4 Å². The normalized spacial score (nSPS) is 17.6. The Morgan fingerprint density at radius 2 is 2.00 bits per heavy atom. The van der Waals surface area contributed by atoms with Gasteiger partial charge in [-0.05, 0) is 43.6 Å². The number of pyridine rings is 1. The van der Waals surface area contributed by atoms with Crippen LogP contribution in [-0.4, -0.2) is 54.9 Å². The zero-order valence-corrected chi connectivity index (χ0v) is 20.1. The Morgan fingerprint density at radius 1 is 1.24 bits per heavy atom. The molecule has 1 aliphatic heterocycles. The van der Waals surface area contributed by atoms with Gasteiger partial charge in [-0.15, -0.1) is 0 Å². The van der Waals surface area contributed by atoms with Crippen LogP contribution >= 0.6 is 24.0 Å². The van der Waals surface area contributed by atoms with Gasteiger partial charge in [0.05, 0.1) is 18.2 Å². The molecule has 1 aliphatic carbocycles. The number of hydrogen-bond donors (Lipinski definition) is 3. The molecule has 1 saturated carbocycles. The largest absolute Gasteiger partial charge is 0.495 e. The topological polar surface area (TPSA) is 117 Å². The number of carbonyl (C=O) groups excluding carboxylic acids is 1. The third-order valence-corrected chi connectivity index (χ3v) is 6.49. The van der Waals surface area contributed by atoms with E-state index in [2.05, 4.69) is 42.9 Å². The Morgan fingerprint density at radius 3 is 2.76 bits per heavy atom. The highest BCUT2D eigenvalue weighted by Gasteiger charge is 2.33. The Balaban J connectivity index is 1.55. The number of ether oxygens (including phenoxy) is 1. The van der Waals surface area contributed by atoms with Gasteiger partial charge in [0, 0.05) is 24.3 Å². The van der Waals surface area contributed by atoms with Gasteiger partial charge in [0.2, 0.25) is 17.8 Å². The zero-order chi connectivity index (χ0) is 23.2. The fourth-order valence-corrected chi connectivity index (χ4v) is 4.72. The molecule has 0 aromatic carbocycles. The minimum Gasteiger partial charge on any atom is -0.495 e.